The molecule has 1 rings (SSSR count). The maximum atomic E-state index is 12.3. The summed E-state index contributed by atoms with van der Waals surface area (Å²) < 4.78 is 36.8. The van der Waals surface area contributed by atoms with Crippen LogP contribution in [0.4, 0.5) is 30.2 Å². The Balaban J connectivity index is 3.12. The smallest absolute Gasteiger partial charge is 0.326 e. The van der Waals surface area contributed by atoms with Gasteiger partial charge in [0, 0.05) is 19.5 Å². The average molecular weight is 303 g/mol. The molecular formula is C12H12F3N3O3. The zero-order valence-electron chi connectivity index (χ0n) is 11.1. The van der Waals surface area contributed by atoms with Crippen LogP contribution in [0.5, 0.6) is 0 Å². The van der Waals surface area contributed by atoms with E-state index in [0.29, 0.717) is 0 Å². The molecule has 0 bridgehead atoms. The molecule has 0 unspecified atom stereocenters. The number of nitrogens with one attached hydrogen (secondary N) is 3. The van der Waals surface area contributed by atoms with Crippen molar-refractivity contribution in [3.8, 4) is 0 Å². The predicted molar refractivity (Wildman–Crippen MR) is 69.7 cm³/mol. The van der Waals surface area contributed by atoms with Crippen LogP contribution in [0.2, 0.25) is 0 Å². The van der Waals surface area contributed by atoms with Crippen LogP contribution in [0, 0.1) is 0 Å². The third kappa shape index (κ3) is 5.13. The highest BCUT2D eigenvalue weighted by Gasteiger charge is 2.39. The van der Waals surface area contributed by atoms with E-state index in [0.717, 1.165) is 13.0 Å². The fourth-order valence-electron chi connectivity index (χ4n) is 1.42. The second-order valence-electron chi connectivity index (χ2n) is 4.07. The van der Waals surface area contributed by atoms with Crippen molar-refractivity contribution in [3.63, 3.8) is 0 Å². The van der Waals surface area contributed by atoms with Crippen LogP contribution in [-0.4, -0.2) is 23.9 Å². The fraction of sp³-hybridized carbons (Fsp3) is 0.250. The molecule has 0 aliphatic rings. The lowest BCUT2D eigenvalue weighted by atomic mass is 10.2. The molecule has 0 heterocycles. The number of hydrogen-bond acceptors (Lipinski definition) is 3. The van der Waals surface area contributed by atoms with E-state index < -0.39 is 23.9 Å². The molecule has 0 atom stereocenters. The molecule has 0 radical (unpaired) electrons. The summed E-state index contributed by atoms with van der Waals surface area (Å²) in [4.78, 5) is 32.9. The minimum atomic E-state index is -5.07. The monoisotopic (exact) mass is 303 g/mol. The van der Waals surface area contributed by atoms with Gasteiger partial charge >= 0.3 is 12.1 Å². The topological polar surface area (TPSA) is 87.3 Å². The van der Waals surface area contributed by atoms with Gasteiger partial charge in [0.25, 0.3) is 0 Å². The fourth-order valence-corrected chi connectivity index (χ4v) is 1.42. The van der Waals surface area contributed by atoms with Gasteiger partial charge in [0.15, 0.2) is 0 Å². The molecule has 0 saturated carbocycles. The van der Waals surface area contributed by atoms with Crippen LogP contribution < -0.4 is 16.0 Å². The highest BCUT2D eigenvalue weighted by atomic mass is 19.4. The number of hydrogen-bond donors (Lipinski definition) is 3. The van der Waals surface area contributed by atoms with Gasteiger partial charge in [0.2, 0.25) is 11.8 Å². The zero-order valence-corrected chi connectivity index (χ0v) is 11.1. The molecular weight excluding hydrogens is 291 g/mol. The maximum Gasteiger partial charge on any atom is 0.471 e. The lowest BCUT2D eigenvalue weighted by Gasteiger charge is -2.14. The SMILES string of the molecule is CC(=O)Nc1ccc(NC(C)=O)c(NC(=O)C(F)(F)F)c1. The highest BCUT2D eigenvalue weighted by molar-refractivity contribution is 6.02. The molecule has 3 amide bonds. The van der Waals surface area contributed by atoms with Gasteiger partial charge in [-0.2, -0.15) is 13.2 Å². The van der Waals surface area contributed by atoms with Crippen LogP contribution in [-0.2, 0) is 14.4 Å². The summed E-state index contributed by atoms with van der Waals surface area (Å²) in [6, 6.07) is 3.74. The summed E-state index contributed by atoms with van der Waals surface area (Å²) in [6.45, 7) is 2.38. The number of halogens is 3. The summed E-state index contributed by atoms with van der Waals surface area (Å²) >= 11 is 0. The van der Waals surface area contributed by atoms with Gasteiger partial charge in [0.05, 0.1) is 11.4 Å². The zero-order chi connectivity index (χ0) is 16.2. The van der Waals surface area contributed by atoms with Gasteiger partial charge in [-0.15, -0.1) is 0 Å². The molecule has 114 valence electrons. The van der Waals surface area contributed by atoms with Crippen molar-refractivity contribution in [2.24, 2.45) is 0 Å². The standard InChI is InChI=1S/C12H12F3N3O3/c1-6(19)16-8-3-4-9(17-7(2)20)10(5-8)18-11(21)12(13,14)15/h3-5H,1-2H3,(H,16,19)(H,17,20)(H,18,21). The first-order valence-electron chi connectivity index (χ1n) is 5.67. The Morgan fingerprint density at radius 2 is 1.48 bits per heavy atom. The predicted octanol–water partition coefficient (Wildman–Crippen LogP) is 2.10. The van der Waals surface area contributed by atoms with E-state index in [1.807, 2.05) is 0 Å². The molecule has 3 N–H and O–H groups in total. The third-order valence-electron chi connectivity index (χ3n) is 2.16. The lowest BCUT2D eigenvalue weighted by molar-refractivity contribution is -0.167. The number of anilines is 3. The van der Waals surface area contributed by atoms with Gasteiger partial charge in [0.1, 0.15) is 0 Å². The quantitative estimate of drug-likeness (QED) is 0.799. The van der Waals surface area contributed by atoms with Crippen LogP contribution in [0.25, 0.3) is 0 Å². The summed E-state index contributed by atoms with van der Waals surface area (Å²) in [5, 5.41) is 6.27. The van der Waals surface area contributed by atoms with E-state index in [4.69, 9.17) is 0 Å². The van der Waals surface area contributed by atoms with Crippen LogP contribution in [0.15, 0.2) is 18.2 Å². The number of benzene rings is 1. The average Bonchev–Trinajstić information content (AvgIpc) is 2.29. The maximum absolute atomic E-state index is 12.3. The first-order chi connectivity index (χ1) is 9.59. The van der Waals surface area contributed by atoms with Crippen LogP contribution in [0.1, 0.15) is 13.8 Å². The highest BCUT2D eigenvalue weighted by Crippen LogP contribution is 2.28. The summed E-state index contributed by atoms with van der Waals surface area (Å²) in [6.07, 6.45) is -5.07. The van der Waals surface area contributed by atoms with Crippen molar-refractivity contribution >= 4 is 34.8 Å². The normalized spacial score (nSPS) is 10.7. The van der Waals surface area contributed by atoms with Gasteiger partial charge < -0.3 is 16.0 Å². The Kier molecular flexibility index (Phi) is 4.90. The Hall–Kier alpha value is -2.58. The summed E-state index contributed by atoms with van der Waals surface area (Å²) in [5.74, 6) is -3.14. The Bertz CT molecular complexity index is 585. The molecule has 0 fully saturated rings. The van der Waals surface area contributed by atoms with E-state index >= 15 is 0 Å². The van der Waals surface area contributed by atoms with E-state index in [-0.39, 0.29) is 17.1 Å². The minimum absolute atomic E-state index is 0.0193. The van der Waals surface area contributed by atoms with E-state index in [2.05, 4.69) is 10.6 Å². The van der Waals surface area contributed by atoms with Crippen molar-refractivity contribution in [3.05, 3.63) is 18.2 Å². The van der Waals surface area contributed by atoms with Crippen LogP contribution >= 0.6 is 0 Å². The molecule has 1 aromatic carbocycles. The first-order valence-corrected chi connectivity index (χ1v) is 5.67. The number of carbonyl (C=O) groups is 3. The van der Waals surface area contributed by atoms with Crippen molar-refractivity contribution in [2.45, 2.75) is 20.0 Å². The summed E-state index contributed by atoms with van der Waals surface area (Å²) in [7, 11) is 0. The Morgan fingerprint density at radius 3 is 1.95 bits per heavy atom. The van der Waals surface area contributed by atoms with Crippen LogP contribution in [0.3, 0.4) is 0 Å². The van der Waals surface area contributed by atoms with E-state index in [1.165, 1.54) is 19.1 Å². The lowest BCUT2D eigenvalue weighted by Crippen LogP contribution is -2.30. The van der Waals surface area contributed by atoms with E-state index in [1.54, 1.807) is 5.32 Å². The number of alkyl halides is 3. The largest absolute Gasteiger partial charge is 0.471 e. The van der Waals surface area contributed by atoms with Crippen molar-refractivity contribution in [1.82, 2.24) is 0 Å². The van der Waals surface area contributed by atoms with Crippen molar-refractivity contribution < 1.29 is 27.6 Å². The molecule has 9 heteroatoms. The molecule has 0 spiro atoms. The molecule has 6 nitrogen and oxygen atoms in total. The summed E-state index contributed by atoms with van der Waals surface area (Å²) in [5.41, 5.74) is -0.123. The molecule has 21 heavy (non-hydrogen) atoms. The number of amides is 3. The molecule has 0 aliphatic heterocycles. The second-order valence-corrected chi connectivity index (χ2v) is 4.07. The number of carbonyl (C=O) groups excluding carboxylic acids is 3. The van der Waals surface area contributed by atoms with Gasteiger partial charge in [-0.3, -0.25) is 14.4 Å². The van der Waals surface area contributed by atoms with Crippen molar-refractivity contribution in [2.75, 3.05) is 16.0 Å². The molecule has 1 aromatic rings. The van der Waals surface area contributed by atoms with E-state index in [9.17, 15) is 27.6 Å². The Labute approximate surface area is 117 Å². The molecule has 0 aromatic heterocycles. The van der Waals surface area contributed by atoms with Gasteiger partial charge in [-0.05, 0) is 18.2 Å². The first kappa shape index (κ1) is 16.5. The second kappa shape index (κ2) is 6.25. The van der Waals surface area contributed by atoms with Gasteiger partial charge in [-0.1, -0.05) is 0 Å². The Morgan fingerprint density at radius 1 is 0.905 bits per heavy atom. The molecule has 0 aliphatic carbocycles. The minimum Gasteiger partial charge on any atom is -0.326 e. The third-order valence-corrected chi connectivity index (χ3v) is 2.16. The molecule has 0 saturated heterocycles. The van der Waals surface area contributed by atoms with Crippen molar-refractivity contribution in [1.29, 1.82) is 0 Å². The number of rotatable bonds is 3. The van der Waals surface area contributed by atoms with Gasteiger partial charge in [-0.25, -0.2) is 0 Å².